The number of thiazole rings is 1. The molecule has 0 bridgehead atoms. The van der Waals surface area contributed by atoms with Gasteiger partial charge in [0.1, 0.15) is 0 Å². The van der Waals surface area contributed by atoms with Crippen molar-refractivity contribution >= 4 is 17.3 Å². The Hall–Kier alpha value is -0.900. The highest BCUT2D eigenvalue weighted by Gasteiger charge is 2.22. The van der Waals surface area contributed by atoms with Gasteiger partial charge in [0.15, 0.2) is 0 Å². The summed E-state index contributed by atoms with van der Waals surface area (Å²) in [5, 5.41) is 3.29. The number of carbonyl (C=O) groups is 1. The highest BCUT2D eigenvalue weighted by molar-refractivity contribution is 7.09. The predicted molar refractivity (Wildman–Crippen MR) is 63.5 cm³/mol. The molecule has 0 radical (unpaired) electrons. The number of rotatable bonds is 6. The number of nitrogens with zero attached hydrogens (tertiary/aromatic N) is 1. The molecule has 1 aliphatic rings. The van der Waals surface area contributed by atoms with Gasteiger partial charge in [-0.05, 0) is 25.7 Å². The molecule has 16 heavy (non-hydrogen) atoms. The maximum Gasteiger partial charge on any atom is 0.306 e. The molecule has 2 rings (SSSR count). The Kier molecular flexibility index (Phi) is 3.93. The van der Waals surface area contributed by atoms with Crippen molar-refractivity contribution in [3.8, 4) is 0 Å². The van der Waals surface area contributed by atoms with Crippen molar-refractivity contribution in [2.45, 2.75) is 39.0 Å². The molecule has 0 saturated heterocycles. The van der Waals surface area contributed by atoms with Crippen molar-refractivity contribution in [1.82, 2.24) is 4.98 Å². The van der Waals surface area contributed by atoms with Crippen molar-refractivity contribution in [2.75, 3.05) is 6.61 Å². The van der Waals surface area contributed by atoms with E-state index < -0.39 is 0 Å². The second kappa shape index (κ2) is 5.43. The van der Waals surface area contributed by atoms with Crippen LogP contribution in [-0.4, -0.2) is 17.6 Å². The molecule has 1 aromatic heterocycles. The second-order valence-corrected chi connectivity index (χ2v) is 5.13. The molecule has 1 heterocycles. The lowest BCUT2D eigenvalue weighted by atomic mass is 10.2. The van der Waals surface area contributed by atoms with Crippen LogP contribution < -0.4 is 0 Å². The fraction of sp³-hybridized carbons (Fsp3) is 0.667. The van der Waals surface area contributed by atoms with Crippen molar-refractivity contribution < 1.29 is 9.53 Å². The van der Waals surface area contributed by atoms with E-state index in [-0.39, 0.29) is 5.97 Å². The molecular weight excluding hydrogens is 222 g/mol. The van der Waals surface area contributed by atoms with E-state index in [1.54, 1.807) is 11.3 Å². The Morgan fingerprint density at radius 1 is 1.62 bits per heavy atom. The quantitative estimate of drug-likeness (QED) is 0.716. The predicted octanol–water partition coefficient (Wildman–Crippen LogP) is 2.59. The van der Waals surface area contributed by atoms with E-state index in [0.717, 1.165) is 18.0 Å². The fourth-order valence-corrected chi connectivity index (χ4v) is 2.53. The van der Waals surface area contributed by atoms with Crippen molar-refractivity contribution in [2.24, 2.45) is 5.92 Å². The molecule has 1 fully saturated rings. The van der Waals surface area contributed by atoms with Crippen LogP contribution in [0.1, 0.15) is 36.9 Å². The van der Waals surface area contributed by atoms with E-state index >= 15 is 0 Å². The third-order valence-electron chi connectivity index (χ3n) is 2.65. The molecule has 3 nitrogen and oxygen atoms in total. The SMILES string of the molecule is CCOC(=O)CCc1csc(CC2CC2)n1. The maximum absolute atomic E-state index is 11.2. The molecule has 1 saturated carbocycles. The fourth-order valence-electron chi connectivity index (χ4n) is 1.59. The summed E-state index contributed by atoms with van der Waals surface area (Å²) in [6.45, 7) is 2.29. The normalized spacial score (nSPS) is 15.1. The lowest BCUT2D eigenvalue weighted by Gasteiger charge is -1.99. The van der Waals surface area contributed by atoms with Crippen LogP contribution >= 0.6 is 11.3 Å². The molecule has 0 aromatic carbocycles. The molecule has 4 heteroatoms. The summed E-state index contributed by atoms with van der Waals surface area (Å²) in [7, 11) is 0. The first-order valence-corrected chi connectivity index (χ1v) is 6.74. The van der Waals surface area contributed by atoms with Crippen LogP contribution in [0.2, 0.25) is 0 Å². The summed E-state index contributed by atoms with van der Waals surface area (Å²) in [6.07, 6.45) is 5.00. The van der Waals surface area contributed by atoms with E-state index in [1.807, 2.05) is 6.92 Å². The molecule has 88 valence electrons. The molecule has 0 N–H and O–H groups in total. The number of carbonyl (C=O) groups excluding carboxylic acids is 1. The summed E-state index contributed by atoms with van der Waals surface area (Å²) < 4.78 is 4.88. The number of esters is 1. The van der Waals surface area contributed by atoms with Crippen LogP contribution in [0.5, 0.6) is 0 Å². The first-order valence-electron chi connectivity index (χ1n) is 5.87. The molecular formula is C12H17NO2S. The minimum atomic E-state index is -0.126. The first-order chi connectivity index (χ1) is 7.78. The average molecular weight is 239 g/mol. The Balaban J connectivity index is 1.75. The Morgan fingerprint density at radius 3 is 3.12 bits per heavy atom. The third-order valence-corrected chi connectivity index (χ3v) is 3.57. The largest absolute Gasteiger partial charge is 0.466 e. The molecule has 0 unspecified atom stereocenters. The zero-order chi connectivity index (χ0) is 11.4. The molecule has 0 amide bonds. The monoisotopic (exact) mass is 239 g/mol. The van der Waals surface area contributed by atoms with E-state index in [2.05, 4.69) is 10.4 Å². The standard InChI is InChI=1S/C12H17NO2S/c1-2-15-12(14)6-5-10-8-16-11(13-10)7-9-3-4-9/h8-9H,2-7H2,1H3. The van der Waals surface area contributed by atoms with Gasteiger partial charge in [0.25, 0.3) is 0 Å². The molecule has 0 atom stereocenters. The van der Waals surface area contributed by atoms with Gasteiger partial charge in [-0.25, -0.2) is 4.98 Å². The topological polar surface area (TPSA) is 39.2 Å². The smallest absolute Gasteiger partial charge is 0.306 e. The Labute approximate surface area is 99.8 Å². The van der Waals surface area contributed by atoms with Crippen LogP contribution in [0.3, 0.4) is 0 Å². The Morgan fingerprint density at radius 2 is 2.44 bits per heavy atom. The lowest BCUT2D eigenvalue weighted by Crippen LogP contribution is -2.05. The first kappa shape index (κ1) is 11.6. The second-order valence-electron chi connectivity index (χ2n) is 4.19. The average Bonchev–Trinajstić information content (AvgIpc) is 2.94. The molecule has 0 spiro atoms. The van der Waals surface area contributed by atoms with Crippen LogP contribution in [0.25, 0.3) is 0 Å². The van der Waals surface area contributed by atoms with Crippen molar-refractivity contribution in [3.05, 3.63) is 16.1 Å². The minimum absolute atomic E-state index is 0.126. The highest BCUT2D eigenvalue weighted by Crippen LogP contribution is 2.33. The minimum Gasteiger partial charge on any atom is -0.466 e. The van der Waals surface area contributed by atoms with Gasteiger partial charge in [0.2, 0.25) is 0 Å². The maximum atomic E-state index is 11.2. The zero-order valence-corrected chi connectivity index (χ0v) is 10.4. The molecule has 0 aliphatic heterocycles. The zero-order valence-electron chi connectivity index (χ0n) is 9.57. The van der Waals surface area contributed by atoms with Crippen molar-refractivity contribution in [1.29, 1.82) is 0 Å². The summed E-state index contributed by atoms with van der Waals surface area (Å²) in [5.41, 5.74) is 1.04. The van der Waals surface area contributed by atoms with Gasteiger partial charge in [-0.3, -0.25) is 4.79 Å². The van der Waals surface area contributed by atoms with Gasteiger partial charge in [0, 0.05) is 18.2 Å². The van der Waals surface area contributed by atoms with E-state index in [0.29, 0.717) is 19.4 Å². The number of aromatic nitrogens is 1. The van der Waals surface area contributed by atoms with E-state index in [4.69, 9.17) is 4.74 Å². The Bertz CT molecular complexity index is 358. The number of ether oxygens (including phenoxy) is 1. The van der Waals surface area contributed by atoms with Gasteiger partial charge < -0.3 is 4.74 Å². The van der Waals surface area contributed by atoms with Gasteiger partial charge >= 0.3 is 5.97 Å². The summed E-state index contributed by atoms with van der Waals surface area (Å²) >= 11 is 1.72. The number of hydrogen-bond acceptors (Lipinski definition) is 4. The van der Waals surface area contributed by atoms with Crippen LogP contribution in [-0.2, 0) is 22.4 Å². The van der Waals surface area contributed by atoms with Gasteiger partial charge in [0.05, 0.1) is 23.7 Å². The van der Waals surface area contributed by atoms with Crippen LogP contribution in [0, 0.1) is 5.92 Å². The van der Waals surface area contributed by atoms with Crippen LogP contribution in [0.15, 0.2) is 5.38 Å². The number of aryl methyl sites for hydroxylation is 1. The lowest BCUT2D eigenvalue weighted by molar-refractivity contribution is -0.143. The third kappa shape index (κ3) is 3.59. The van der Waals surface area contributed by atoms with E-state index in [1.165, 1.54) is 17.8 Å². The van der Waals surface area contributed by atoms with Gasteiger partial charge in [-0.15, -0.1) is 11.3 Å². The molecule has 1 aliphatic carbocycles. The summed E-state index contributed by atoms with van der Waals surface area (Å²) in [5.74, 6) is 0.753. The van der Waals surface area contributed by atoms with E-state index in [9.17, 15) is 4.79 Å². The summed E-state index contributed by atoms with van der Waals surface area (Å²) in [4.78, 5) is 15.7. The number of hydrogen-bond donors (Lipinski definition) is 0. The summed E-state index contributed by atoms with van der Waals surface area (Å²) in [6, 6.07) is 0. The van der Waals surface area contributed by atoms with Crippen molar-refractivity contribution in [3.63, 3.8) is 0 Å². The van der Waals surface area contributed by atoms with Gasteiger partial charge in [-0.1, -0.05) is 0 Å². The highest BCUT2D eigenvalue weighted by atomic mass is 32.1. The van der Waals surface area contributed by atoms with Gasteiger partial charge in [-0.2, -0.15) is 0 Å². The van der Waals surface area contributed by atoms with Crippen LogP contribution in [0.4, 0.5) is 0 Å². The molecule has 1 aromatic rings.